The van der Waals surface area contributed by atoms with Crippen LogP contribution in [0.2, 0.25) is 0 Å². The third-order valence-electron chi connectivity index (χ3n) is 5.66. The molecule has 0 saturated carbocycles. The number of nitrogens with zero attached hydrogens (tertiary/aromatic N) is 3. The summed E-state index contributed by atoms with van der Waals surface area (Å²) >= 11 is 5.69. The van der Waals surface area contributed by atoms with Crippen LogP contribution in [0, 0.1) is 0 Å². The summed E-state index contributed by atoms with van der Waals surface area (Å²) in [6.07, 6.45) is 6.70. The molecule has 2 aromatic heterocycles. The number of nitrogens with two attached hydrogens (primary N) is 1. The molecule has 0 aliphatic rings. The Kier molecular flexibility index (Phi) is 8.10. The molecule has 2 heterocycles. The molecule has 0 saturated heterocycles. The minimum Gasteiger partial charge on any atom is -0.494 e. The SMILES string of the molecule is Nc1c(-c2nn[nH]n2)oc2c(C(=O)c3ccc(OCCCCCCCCCl)cc3)cccc2c1=O. The van der Waals surface area contributed by atoms with Crippen molar-refractivity contribution in [3.05, 3.63) is 63.8 Å². The summed E-state index contributed by atoms with van der Waals surface area (Å²) < 4.78 is 11.7. The Morgan fingerprint density at radius 3 is 2.49 bits per heavy atom. The maximum Gasteiger partial charge on any atom is 0.242 e. The molecular formula is C25H26ClN5O4. The van der Waals surface area contributed by atoms with Crippen molar-refractivity contribution in [2.24, 2.45) is 0 Å². The Labute approximate surface area is 206 Å². The number of halogens is 1. The van der Waals surface area contributed by atoms with E-state index in [0.717, 1.165) is 25.1 Å². The molecule has 2 aromatic carbocycles. The molecule has 35 heavy (non-hydrogen) atoms. The van der Waals surface area contributed by atoms with Crippen molar-refractivity contribution in [1.29, 1.82) is 0 Å². The van der Waals surface area contributed by atoms with Gasteiger partial charge < -0.3 is 14.9 Å². The van der Waals surface area contributed by atoms with E-state index in [-0.39, 0.29) is 39.6 Å². The van der Waals surface area contributed by atoms with Gasteiger partial charge in [-0.15, -0.1) is 21.8 Å². The molecule has 0 amide bonds. The first kappa shape index (κ1) is 24.4. The Morgan fingerprint density at radius 1 is 1.03 bits per heavy atom. The van der Waals surface area contributed by atoms with Gasteiger partial charge in [0.15, 0.2) is 5.78 Å². The van der Waals surface area contributed by atoms with Crippen LogP contribution in [-0.2, 0) is 0 Å². The first-order valence-corrected chi connectivity index (χ1v) is 12.1. The third kappa shape index (κ3) is 5.68. The molecule has 3 N–H and O–H groups in total. The lowest BCUT2D eigenvalue weighted by Gasteiger charge is -2.09. The fourth-order valence-corrected chi connectivity index (χ4v) is 3.97. The number of ketones is 1. The van der Waals surface area contributed by atoms with E-state index >= 15 is 0 Å². The van der Waals surface area contributed by atoms with E-state index < -0.39 is 5.43 Å². The van der Waals surface area contributed by atoms with Crippen LogP contribution in [0.3, 0.4) is 0 Å². The van der Waals surface area contributed by atoms with Crippen LogP contribution in [0.15, 0.2) is 51.7 Å². The van der Waals surface area contributed by atoms with Crippen LogP contribution in [0.1, 0.15) is 54.4 Å². The van der Waals surface area contributed by atoms with Gasteiger partial charge in [-0.3, -0.25) is 9.59 Å². The van der Waals surface area contributed by atoms with E-state index in [2.05, 4.69) is 20.6 Å². The molecule has 0 aliphatic carbocycles. The number of H-pyrrole nitrogens is 1. The summed E-state index contributed by atoms with van der Waals surface area (Å²) in [6, 6.07) is 11.7. The highest BCUT2D eigenvalue weighted by Gasteiger charge is 2.21. The Morgan fingerprint density at radius 2 is 1.77 bits per heavy atom. The zero-order chi connectivity index (χ0) is 24.6. The Hall–Kier alpha value is -3.72. The average molecular weight is 496 g/mol. The van der Waals surface area contributed by atoms with Crippen LogP contribution in [-0.4, -0.2) is 38.9 Å². The molecule has 4 aromatic rings. The topological polar surface area (TPSA) is 137 Å². The number of rotatable bonds is 12. The van der Waals surface area contributed by atoms with Crippen molar-refractivity contribution in [2.75, 3.05) is 18.2 Å². The summed E-state index contributed by atoms with van der Waals surface area (Å²) in [5, 5.41) is 13.6. The molecule has 0 radical (unpaired) electrons. The number of anilines is 1. The van der Waals surface area contributed by atoms with Crippen molar-refractivity contribution >= 4 is 34.0 Å². The lowest BCUT2D eigenvalue weighted by molar-refractivity contribution is 0.103. The van der Waals surface area contributed by atoms with Gasteiger partial charge in [0.05, 0.1) is 17.6 Å². The van der Waals surface area contributed by atoms with Crippen LogP contribution in [0.4, 0.5) is 5.69 Å². The summed E-state index contributed by atoms with van der Waals surface area (Å²) in [5.41, 5.74) is 6.10. The van der Waals surface area contributed by atoms with Crippen LogP contribution >= 0.6 is 11.6 Å². The number of fused-ring (bicyclic) bond motifs is 1. The molecule has 0 bridgehead atoms. The number of hydrogen-bond donors (Lipinski definition) is 2. The first-order valence-electron chi connectivity index (χ1n) is 11.5. The normalized spacial score (nSPS) is 11.1. The van der Waals surface area contributed by atoms with E-state index in [4.69, 9.17) is 26.5 Å². The minimum atomic E-state index is -0.469. The number of hydrogen-bond acceptors (Lipinski definition) is 8. The number of unbranched alkanes of at least 4 members (excludes halogenated alkanes) is 5. The van der Waals surface area contributed by atoms with E-state index in [9.17, 15) is 9.59 Å². The van der Waals surface area contributed by atoms with Crippen LogP contribution < -0.4 is 15.9 Å². The predicted octanol–water partition coefficient (Wildman–Crippen LogP) is 4.74. The molecule has 0 fully saturated rings. The molecule has 10 heteroatoms. The number of benzene rings is 2. The van der Waals surface area contributed by atoms with E-state index in [1.54, 1.807) is 42.5 Å². The molecule has 0 unspecified atom stereocenters. The largest absolute Gasteiger partial charge is 0.494 e. The summed E-state index contributed by atoms with van der Waals surface area (Å²) in [7, 11) is 0. The number of aromatic amines is 1. The van der Waals surface area contributed by atoms with Crippen molar-refractivity contribution in [1.82, 2.24) is 20.6 Å². The number of para-hydroxylation sites is 1. The molecule has 182 valence electrons. The average Bonchev–Trinajstić information content (AvgIpc) is 3.42. The number of nitrogens with one attached hydrogen (secondary N) is 1. The van der Waals surface area contributed by atoms with Gasteiger partial charge in [-0.25, -0.2) is 0 Å². The lowest BCUT2D eigenvalue weighted by atomic mass is 10.0. The maximum absolute atomic E-state index is 13.3. The zero-order valence-electron chi connectivity index (χ0n) is 19.1. The Balaban J connectivity index is 1.47. The van der Waals surface area contributed by atoms with Crippen molar-refractivity contribution in [2.45, 2.75) is 38.5 Å². The van der Waals surface area contributed by atoms with Crippen molar-refractivity contribution in [3.8, 4) is 17.3 Å². The standard InChI is InChI=1S/C25H26ClN5O4/c26-14-5-3-1-2-4-6-15-34-17-12-10-16(11-13-17)21(32)18-8-7-9-19-22(33)20(27)24(35-23(18)19)25-28-30-31-29-25/h7-13H,1-6,14-15,27H2,(H,28,29,30,31). The molecule has 0 atom stereocenters. The smallest absolute Gasteiger partial charge is 0.242 e. The molecule has 9 nitrogen and oxygen atoms in total. The minimum absolute atomic E-state index is 0.0283. The number of alkyl halides is 1. The van der Waals surface area contributed by atoms with Gasteiger partial charge in [0, 0.05) is 11.4 Å². The van der Waals surface area contributed by atoms with Gasteiger partial charge in [0.1, 0.15) is 17.0 Å². The molecule has 0 spiro atoms. The van der Waals surface area contributed by atoms with Gasteiger partial charge in [0.25, 0.3) is 0 Å². The number of ether oxygens (including phenoxy) is 1. The third-order valence-corrected chi connectivity index (χ3v) is 5.93. The second kappa shape index (κ2) is 11.6. The van der Waals surface area contributed by atoms with E-state index in [0.29, 0.717) is 17.9 Å². The summed E-state index contributed by atoms with van der Waals surface area (Å²) in [6.45, 7) is 0.623. The van der Waals surface area contributed by atoms with Gasteiger partial charge in [-0.2, -0.15) is 5.21 Å². The molecular weight excluding hydrogens is 470 g/mol. The van der Waals surface area contributed by atoms with Gasteiger partial charge in [-0.05, 0) is 54.5 Å². The van der Waals surface area contributed by atoms with E-state index in [1.165, 1.54) is 19.3 Å². The predicted molar refractivity (Wildman–Crippen MR) is 134 cm³/mol. The lowest BCUT2D eigenvalue weighted by Crippen LogP contribution is -2.12. The molecule has 4 rings (SSSR count). The fraction of sp³-hybridized carbons (Fsp3) is 0.320. The van der Waals surface area contributed by atoms with Crippen molar-refractivity contribution < 1.29 is 13.9 Å². The van der Waals surface area contributed by atoms with Crippen LogP contribution in [0.25, 0.3) is 22.6 Å². The fourth-order valence-electron chi connectivity index (χ4n) is 3.79. The quantitative estimate of drug-likeness (QED) is 0.163. The van der Waals surface area contributed by atoms with Gasteiger partial charge in [0.2, 0.25) is 17.0 Å². The number of carbonyl (C=O) groups is 1. The second-order valence-electron chi connectivity index (χ2n) is 8.10. The summed E-state index contributed by atoms with van der Waals surface area (Å²) in [4.78, 5) is 26.1. The zero-order valence-corrected chi connectivity index (χ0v) is 19.9. The second-order valence-corrected chi connectivity index (χ2v) is 8.48. The number of tetrazole rings is 1. The van der Waals surface area contributed by atoms with Crippen molar-refractivity contribution in [3.63, 3.8) is 0 Å². The highest BCUT2D eigenvalue weighted by molar-refractivity contribution is 6.17. The van der Waals surface area contributed by atoms with Gasteiger partial charge >= 0.3 is 0 Å². The van der Waals surface area contributed by atoms with E-state index in [1.807, 2.05) is 0 Å². The molecule has 0 aliphatic heterocycles. The Bertz CT molecular complexity index is 1340. The number of carbonyl (C=O) groups excluding carboxylic acids is 1. The first-order chi connectivity index (χ1) is 17.1. The highest BCUT2D eigenvalue weighted by Crippen LogP contribution is 2.28. The van der Waals surface area contributed by atoms with Gasteiger partial charge in [-0.1, -0.05) is 31.7 Å². The monoisotopic (exact) mass is 495 g/mol. The number of nitrogen functional groups attached to an aromatic ring is 1. The highest BCUT2D eigenvalue weighted by atomic mass is 35.5. The number of aromatic nitrogens is 4. The maximum atomic E-state index is 13.3. The summed E-state index contributed by atoms with van der Waals surface area (Å²) in [5.74, 6) is 1.11. The van der Waals surface area contributed by atoms with Crippen LogP contribution in [0.5, 0.6) is 5.75 Å².